The molecule has 3 aromatic rings. The number of benzene rings is 1. The smallest absolute Gasteiger partial charge is 0.337 e. The molecule has 1 unspecified atom stereocenters. The summed E-state index contributed by atoms with van der Waals surface area (Å²) in [5.74, 6) is -1.05. The van der Waals surface area contributed by atoms with Gasteiger partial charge in [0.05, 0.1) is 18.6 Å². The van der Waals surface area contributed by atoms with Crippen molar-refractivity contribution in [1.29, 1.82) is 0 Å². The lowest BCUT2D eigenvalue weighted by atomic mass is 10.3. The van der Waals surface area contributed by atoms with E-state index in [0.29, 0.717) is 0 Å². The van der Waals surface area contributed by atoms with Crippen molar-refractivity contribution in [2.24, 2.45) is 0 Å². The Morgan fingerprint density at radius 1 is 1.30 bits per heavy atom. The fourth-order valence-corrected chi connectivity index (χ4v) is 2.94. The molecule has 142 valence electrons. The molecule has 0 saturated heterocycles. The van der Waals surface area contributed by atoms with Gasteiger partial charge in [-0.2, -0.15) is 0 Å². The van der Waals surface area contributed by atoms with Crippen molar-refractivity contribution in [2.45, 2.75) is 33.4 Å². The van der Waals surface area contributed by atoms with Crippen LogP contribution in [0.4, 0.5) is 4.39 Å². The summed E-state index contributed by atoms with van der Waals surface area (Å²) in [7, 11) is 0. The van der Waals surface area contributed by atoms with Crippen molar-refractivity contribution in [2.75, 3.05) is 6.61 Å². The zero-order valence-electron chi connectivity index (χ0n) is 15.2. The van der Waals surface area contributed by atoms with E-state index in [0.717, 1.165) is 9.13 Å². The third kappa shape index (κ3) is 3.05. The van der Waals surface area contributed by atoms with E-state index in [1.54, 1.807) is 26.8 Å². The van der Waals surface area contributed by atoms with E-state index in [-0.39, 0.29) is 30.0 Å². The van der Waals surface area contributed by atoms with Crippen molar-refractivity contribution in [3.63, 3.8) is 0 Å². The Balaban J connectivity index is 2.37. The molecule has 0 fully saturated rings. The van der Waals surface area contributed by atoms with Gasteiger partial charge in [0, 0.05) is 6.54 Å². The van der Waals surface area contributed by atoms with E-state index in [1.807, 2.05) is 0 Å². The van der Waals surface area contributed by atoms with Crippen molar-refractivity contribution >= 4 is 17.1 Å². The first-order valence-electron chi connectivity index (χ1n) is 8.55. The summed E-state index contributed by atoms with van der Waals surface area (Å²) in [6, 6.07) is 4.62. The highest BCUT2D eigenvalue weighted by atomic mass is 19.1. The van der Waals surface area contributed by atoms with E-state index in [4.69, 9.17) is 4.74 Å². The number of aromatic nitrogens is 4. The Morgan fingerprint density at radius 3 is 2.67 bits per heavy atom. The molecule has 1 aromatic carbocycles. The van der Waals surface area contributed by atoms with Gasteiger partial charge >= 0.3 is 11.7 Å². The Hall–Kier alpha value is -3.23. The Bertz CT molecular complexity index is 1130. The van der Waals surface area contributed by atoms with Gasteiger partial charge in [0.15, 0.2) is 11.2 Å². The fraction of sp³-hybridized carbons (Fsp3) is 0.333. The monoisotopic (exact) mass is 374 g/mol. The van der Waals surface area contributed by atoms with Gasteiger partial charge in [0.2, 0.25) is 0 Å². The summed E-state index contributed by atoms with van der Waals surface area (Å²) in [6.07, 6.45) is 1.31. The average Bonchev–Trinajstić information content (AvgIpc) is 3.06. The van der Waals surface area contributed by atoms with Gasteiger partial charge in [0.25, 0.3) is 5.56 Å². The third-order valence-corrected chi connectivity index (χ3v) is 4.28. The van der Waals surface area contributed by atoms with E-state index in [2.05, 4.69) is 4.98 Å². The molecular formula is C18H19FN4O4. The van der Waals surface area contributed by atoms with Gasteiger partial charge in [0.1, 0.15) is 11.9 Å². The molecule has 0 aliphatic carbocycles. The number of carbonyl (C=O) groups is 1. The number of carbonyl (C=O) groups excluding carboxylic acids is 1. The molecule has 27 heavy (non-hydrogen) atoms. The Kier molecular flexibility index (Phi) is 4.93. The molecule has 2 heterocycles. The molecule has 1 atom stereocenters. The summed E-state index contributed by atoms with van der Waals surface area (Å²) in [6.45, 7) is 5.22. The number of ether oxygens (including phenoxy) is 1. The molecule has 0 aliphatic rings. The van der Waals surface area contributed by atoms with Crippen LogP contribution in [0.5, 0.6) is 0 Å². The molecule has 0 radical (unpaired) electrons. The van der Waals surface area contributed by atoms with E-state index < -0.39 is 29.1 Å². The van der Waals surface area contributed by atoms with Crippen LogP contribution in [0.25, 0.3) is 16.9 Å². The first-order chi connectivity index (χ1) is 12.9. The Morgan fingerprint density at radius 2 is 2.04 bits per heavy atom. The summed E-state index contributed by atoms with van der Waals surface area (Å²) in [4.78, 5) is 42.0. The highest BCUT2D eigenvalue weighted by Crippen LogP contribution is 2.18. The van der Waals surface area contributed by atoms with Gasteiger partial charge in [-0.15, -0.1) is 0 Å². The normalized spacial score (nSPS) is 12.3. The third-order valence-electron chi connectivity index (χ3n) is 4.28. The summed E-state index contributed by atoms with van der Waals surface area (Å²) in [5, 5.41) is 0. The van der Waals surface area contributed by atoms with Crippen molar-refractivity contribution in [3.8, 4) is 5.69 Å². The Labute approximate surface area is 153 Å². The highest BCUT2D eigenvalue weighted by molar-refractivity contribution is 5.79. The van der Waals surface area contributed by atoms with Crippen molar-refractivity contribution in [1.82, 2.24) is 18.7 Å². The number of hydrogen-bond donors (Lipinski definition) is 0. The van der Waals surface area contributed by atoms with Crippen molar-refractivity contribution in [3.05, 3.63) is 57.2 Å². The predicted octanol–water partition coefficient (Wildman–Crippen LogP) is 1.63. The van der Waals surface area contributed by atoms with Gasteiger partial charge in [-0.05, 0) is 39.0 Å². The number of esters is 1. The van der Waals surface area contributed by atoms with Crippen LogP contribution in [-0.4, -0.2) is 31.3 Å². The maximum Gasteiger partial charge on any atom is 0.337 e. The van der Waals surface area contributed by atoms with Crippen LogP contribution in [-0.2, 0) is 16.1 Å². The lowest BCUT2D eigenvalue weighted by Crippen LogP contribution is -2.40. The molecule has 0 aliphatic heterocycles. The molecule has 2 aromatic heterocycles. The van der Waals surface area contributed by atoms with Crippen molar-refractivity contribution < 1.29 is 13.9 Å². The van der Waals surface area contributed by atoms with E-state index >= 15 is 0 Å². The van der Waals surface area contributed by atoms with Crippen LogP contribution < -0.4 is 11.2 Å². The van der Waals surface area contributed by atoms with Crippen LogP contribution in [0.15, 0.2) is 40.2 Å². The first-order valence-corrected chi connectivity index (χ1v) is 8.55. The molecular weight excluding hydrogens is 355 g/mol. The maximum atomic E-state index is 13.7. The predicted molar refractivity (Wildman–Crippen MR) is 96.6 cm³/mol. The molecule has 0 saturated carbocycles. The summed E-state index contributed by atoms with van der Waals surface area (Å²) < 4.78 is 22.3. The second-order valence-electron chi connectivity index (χ2n) is 5.90. The van der Waals surface area contributed by atoms with Crippen LogP contribution in [0.2, 0.25) is 0 Å². The van der Waals surface area contributed by atoms with E-state index in [9.17, 15) is 18.8 Å². The highest BCUT2D eigenvalue weighted by Gasteiger charge is 2.24. The number of imidazole rings is 1. The van der Waals surface area contributed by atoms with Gasteiger partial charge in [-0.3, -0.25) is 9.36 Å². The zero-order chi connectivity index (χ0) is 19.7. The van der Waals surface area contributed by atoms with Crippen LogP contribution >= 0.6 is 0 Å². The minimum Gasteiger partial charge on any atom is -0.464 e. The second kappa shape index (κ2) is 7.18. The molecule has 0 spiro atoms. The second-order valence-corrected chi connectivity index (χ2v) is 5.90. The first kappa shape index (κ1) is 18.6. The van der Waals surface area contributed by atoms with E-state index in [1.165, 1.54) is 29.1 Å². The van der Waals surface area contributed by atoms with Crippen LogP contribution in [0, 0.1) is 5.82 Å². The molecule has 0 amide bonds. The lowest BCUT2D eigenvalue weighted by molar-refractivity contribution is -0.146. The fourth-order valence-electron chi connectivity index (χ4n) is 2.94. The number of fused-ring (bicyclic) bond motifs is 1. The number of halogens is 1. The molecule has 0 bridgehead atoms. The SMILES string of the molecule is CCOC(=O)C(C)n1cnc2c1c(=O)n(CC)c(=O)n2-c1cccc(F)c1. The quantitative estimate of drug-likeness (QED) is 0.634. The van der Waals surface area contributed by atoms with Crippen LogP contribution in [0.1, 0.15) is 26.8 Å². The largest absolute Gasteiger partial charge is 0.464 e. The molecule has 3 rings (SSSR count). The summed E-state index contributed by atoms with van der Waals surface area (Å²) >= 11 is 0. The minimum atomic E-state index is -0.814. The number of nitrogens with zero attached hydrogens (tertiary/aromatic N) is 4. The average molecular weight is 374 g/mol. The minimum absolute atomic E-state index is 0.0523. The van der Waals surface area contributed by atoms with Gasteiger partial charge < -0.3 is 9.30 Å². The van der Waals surface area contributed by atoms with Gasteiger partial charge in [-0.1, -0.05) is 6.07 Å². The number of rotatable bonds is 5. The molecule has 0 N–H and O–H groups in total. The molecule has 9 heteroatoms. The maximum absolute atomic E-state index is 13.7. The van der Waals surface area contributed by atoms with Gasteiger partial charge in [-0.25, -0.2) is 23.5 Å². The standard InChI is InChI=1S/C18H19FN4O4/c1-4-21-16(24)14-15(20-10-22(14)11(3)17(25)27-5-2)23(18(21)26)13-8-6-7-12(19)9-13/h6-11H,4-5H2,1-3H3. The molecule has 8 nitrogen and oxygen atoms in total. The number of hydrogen-bond acceptors (Lipinski definition) is 5. The topological polar surface area (TPSA) is 88.1 Å². The van der Waals surface area contributed by atoms with Crippen LogP contribution in [0.3, 0.4) is 0 Å². The zero-order valence-corrected chi connectivity index (χ0v) is 15.2. The lowest BCUT2D eigenvalue weighted by Gasteiger charge is -2.14. The summed E-state index contributed by atoms with van der Waals surface area (Å²) in [5.41, 5.74) is -0.840.